The number of aliphatic carboxylic acids is 2. The summed E-state index contributed by atoms with van der Waals surface area (Å²) in [6, 6.07) is 20.5. The second kappa shape index (κ2) is 14.6. The molecule has 0 radical (unpaired) electrons. The molecule has 0 saturated carbocycles. The van der Waals surface area contributed by atoms with Crippen LogP contribution in [0.2, 0.25) is 0 Å². The number of piperidine rings is 1. The number of carbonyl (C=O) groups is 3. The number of fused-ring (bicyclic) bond motifs is 1. The largest absolute Gasteiger partial charge is 0.478 e. The quantitative estimate of drug-likeness (QED) is 0.357. The van der Waals surface area contributed by atoms with E-state index in [1.54, 1.807) is 0 Å². The summed E-state index contributed by atoms with van der Waals surface area (Å²) in [5.41, 5.74) is 4.15. The molecule has 3 N–H and O–H groups in total. The third-order valence-corrected chi connectivity index (χ3v) is 6.33. The van der Waals surface area contributed by atoms with Crippen LogP contribution in [-0.2, 0) is 20.8 Å². The molecule has 4 rings (SSSR count). The molecule has 1 unspecified atom stereocenters. The van der Waals surface area contributed by atoms with Crippen molar-refractivity contribution in [2.75, 3.05) is 19.6 Å². The minimum atomic E-state index is -1.26. The van der Waals surface area contributed by atoms with Crippen LogP contribution in [0.3, 0.4) is 0 Å². The number of benzene rings is 2. The Morgan fingerprint density at radius 2 is 1.66 bits per heavy atom. The first-order chi connectivity index (χ1) is 18.3. The monoisotopic (exact) mass is 517 g/mol. The SMILES string of the molecule is Cc1cccc(C(CCN2CCCCC2)NC(=O)Cc2ccc3ccccc3n2)c1.O=C(O)C=CC(=O)O. The Kier molecular flexibility index (Phi) is 11.0. The highest BCUT2D eigenvalue weighted by Gasteiger charge is 2.18. The zero-order valence-electron chi connectivity index (χ0n) is 21.7. The number of carboxylic acid groups (broad SMARTS) is 2. The van der Waals surface area contributed by atoms with Crippen molar-refractivity contribution in [2.24, 2.45) is 0 Å². The van der Waals surface area contributed by atoms with E-state index < -0.39 is 11.9 Å². The highest BCUT2D eigenvalue weighted by molar-refractivity contribution is 5.89. The molecule has 1 saturated heterocycles. The summed E-state index contributed by atoms with van der Waals surface area (Å²) in [5, 5.41) is 20.0. The number of pyridine rings is 1. The molecule has 2 heterocycles. The normalized spacial score (nSPS) is 14.4. The lowest BCUT2D eigenvalue weighted by molar-refractivity contribution is -0.134. The second-order valence-electron chi connectivity index (χ2n) is 9.41. The van der Waals surface area contributed by atoms with E-state index in [9.17, 15) is 14.4 Å². The highest BCUT2D eigenvalue weighted by atomic mass is 16.4. The van der Waals surface area contributed by atoms with Crippen LogP contribution >= 0.6 is 0 Å². The van der Waals surface area contributed by atoms with Gasteiger partial charge < -0.3 is 20.4 Å². The molecule has 200 valence electrons. The fraction of sp³-hybridized carbons (Fsp3) is 0.333. The molecule has 0 aliphatic carbocycles. The summed E-state index contributed by atoms with van der Waals surface area (Å²) < 4.78 is 0. The molecule has 1 fully saturated rings. The van der Waals surface area contributed by atoms with E-state index in [0.717, 1.165) is 29.6 Å². The molecule has 1 aliphatic heterocycles. The van der Waals surface area contributed by atoms with Gasteiger partial charge >= 0.3 is 11.9 Å². The number of para-hydroxylation sites is 1. The average Bonchev–Trinajstić information content (AvgIpc) is 2.91. The number of aromatic nitrogens is 1. The molecule has 1 aliphatic rings. The Morgan fingerprint density at radius 3 is 2.34 bits per heavy atom. The third-order valence-electron chi connectivity index (χ3n) is 6.33. The Morgan fingerprint density at radius 1 is 0.947 bits per heavy atom. The van der Waals surface area contributed by atoms with Gasteiger partial charge in [0, 0.05) is 24.1 Å². The fourth-order valence-electron chi connectivity index (χ4n) is 4.46. The number of hydrogen-bond acceptors (Lipinski definition) is 5. The van der Waals surface area contributed by atoms with Crippen molar-refractivity contribution in [2.45, 2.75) is 45.1 Å². The van der Waals surface area contributed by atoms with Crippen LogP contribution in [0.25, 0.3) is 10.9 Å². The van der Waals surface area contributed by atoms with Crippen LogP contribution < -0.4 is 5.32 Å². The Bertz CT molecular complexity index is 1250. The minimum Gasteiger partial charge on any atom is -0.478 e. The van der Waals surface area contributed by atoms with Crippen molar-refractivity contribution in [3.8, 4) is 0 Å². The highest BCUT2D eigenvalue weighted by Crippen LogP contribution is 2.21. The van der Waals surface area contributed by atoms with Gasteiger partial charge in [0.05, 0.1) is 23.7 Å². The summed E-state index contributed by atoms with van der Waals surface area (Å²) in [6.07, 6.45) is 6.26. The van der Waals surface area contributed by atoms with E-state index >= 15 is 0 Å². The van der Waals surface area contributed by atoms with E-state index in [-0.39, 0.29) is 11.9 Å². The molecular weight excluding hydrogens is 482 g/mol. The second-order valence-corrected chi connectivity index (χ2v) is 9.41. The summed E-state index contributed by atoms with van der Waals surface area (Å²) in [6.45, 7) is 5.48. The van der Waals surface area contributed by atoms with Gasteiger partial charge in [0.2, 0.25) is 5.91 Å². The van der Waals surface area contributed by atoms with Crippen molar-refractivity contribution in [3.05, 3.63) is 89.6 Å². The number of rotatable bonds is 9. The maximum atomic E-state index is 12.9. The number of amides is 1. The molecule has 0 bridgehead atoms. The number of nitrogens with zero attached hydrogens (tertiary/aromatic N) is 2. The molecule has 3 aromatic rings. The van der Waals surface area contributed by atoms with E-state index in [0.29, 0.717) is 18.6 Å². The van der Waals surface area contributed by atoms with Crippen LogP contribution in [0.5, 0.6) is 0 Å². The topological polar surface area (TPSA) is 120 Å². The summed E-state index contributed by atoms with van der Waals surface area (Å²) >= 11 is 0. The van der Waals surface area contributed by atoms with Crippen LogP contribution in [0, 0.1) is 6.92 Å². The van der Waals surface area contributed by atoms with Gasteiger partial charge in [0.25, 0.3) is 0 Å². The van der Waals surface area contributed by atoms with Gasteiger partial charge in [0.15, 0.2) is 0 Å². The number of carboxylic acids is 2. The van der Waals surface area contributed by atoms with Crippen LogP contribution in [0.1, 0.15) is 48.5 Å². The molecular formula is C30H35N3O5. The maximum absolute atomic E-state index is 12.9. The molecule has 1 atom stereocenters. The van der Waals surface area contributed by atoms with Crippen molar-refractivity contribution >= 4 is 28.7 Å². The van der Waals surface area contributed by atoms with Crippen molar-refractivity contribution in [1.29, 1.82) is 0 Å². The third kappa shape index (κ3) is 9.78. The minimum absolute atomic E-state index is 0.0276. The van der Waals surface area contributed by atoms with E-state index in [4.69, 9.17) is 10.2 Å². The van der Waals surface area contributed by atoms with Crippen molar-refractivity contribution < 1.29 is 24.6 Å². The standard InChI is InChI=1S/C26H31N3O.C4H4O4/c1-20-8-7-10-22(18-20)25(14-17-29-15-5-2-6-16-29)28-26(30)19-23-13-12-21-9-3-4-11-24(21)27-23;5-3(6)1-2-4(7)8/h3-4,7-13,18,25H,2,5-6,14-17,19H2,1H3,(H,28,30);1-2H,(H,5,6)(H,7,8). The van der Waals surface area contributed by atoms with Gasteiger partial charge in [-0.05, 0) is 57.0 Å². The Hall–Kier alpha value is -4.04. The van der Waals surface area contributed by atoms with Gasteiger partial charge in [0.1, 0.15) is 0 Å². The Labute approximate surface area is 223 Å². The zero-order chi connectivity index (χ0) is 27.3. The lowest BCUT2D eigenvalue weighted by atomic mass is 10.0. The van der Waals surface area contributed by atoms with Crippen LogP contribution in [0.15, 0.2) is 72.8 Å². The number of hydrogen-bond donors (Lipinski definition) is 3. The van der Waals surface area contributed by atoms with Gasteiger partial charge in [-0.3, -0.25) is 9.78 Å². The first kappa shape index (κ1) is 28.5. The summed E-state index contributed by atoms with van der Waals surface area (Å²) in [7, 11) is 0. The fourth-order valence-corrected chi connectivity index (χ4v) is 4.46. The predicted molar refractivity (Wildman–Crippen MR) is 147 cm³/mol. The zero-order valence-corrected chi connectivity index (χ0v) is 21.7. The Balaban J connectivity index is 0.000000436. The molecule has 0 spiro atoms. The lowest BCUT2D eigenvalue weighted by Gasteiger charge is -2.29. The molecule has 2 aromatic carbocycles. The van der Waals surface area contributed by atoms with Crippen molar-refractivity contribution in [3.63, 3.8) is 0 Å². The van der Waals surface area contributed by atoms with E-state index in [1.165, 1.54) is 43.5 Å². The molecule has 1 aromatic heterocycles. The predicted octanol–water partition coefficient (Wildman–Crippen LogP) is 4.53. The molecule has 1 amide bonds. The molecule has 8 heteroatoms. The number of nitrogens with one attached hydrogen (secondary N) is 1. The number of likely N-dealkylation sites (tertiary alicyclic amines) is 1. The van der Waals surface area contributed by atoms with Gasteiger partial charge in [-0.25, -0.2) is 9.59 Å². The molecule has 38 heavy (non-hydrogen) atoms. The van der Waals surface area contributed by atoms with Crippen LogP contribution in [-0.4, -0.2) is 57.6 Å². The molecule has 8 nitrogen and oxygen atoms in total. The van der Waals surface area contributed by atoms with Crippen molar-refractivity contribution in [1.82, 2.24) is 15.2 Å². The van der Waals surface area contributed by atoms with Crippen LogP contribution in [0.4, 0.5) is 0 Å². The summed E-state index contributed by atoms with van der Waals surface area (Å²) in [5.74, 6) is -2.48. The van der Waals surface area contributed by atoms with Gasteiger partial charge in [-0.15, -0.1) is 0 Å². The maximum Gasteiger partial charge on any atom is 0.328 e. The van der Waals surface area contributed by atoms with E-state index in [1.807, 2.05) is 36.4 Å². The smallest absolute Gasteiger partial charge is 0.328 e. The van der Waals surface area contributed by atoms with Gasteiger partial charge in [-0.2, -0.15) is 0 Å². The lowest BCUT2D eigenvalue weighted by Crippen LogP contribution is -2.35. The summed E-state index contributed by atoms with van der Waals surface area (Å²) in [4.78, 5) is 39.2. The number of carbonyl (C=O) groups excluding carboxylic acids is 1. The first-order valence-corrected chi connectivity index (χ1v) is 12.9. The van der Waals surface area contributed by atoms with Gasteiger partial charge in [-0.1, -0.05) is 60.5 Å². The van der Waals surface area contributed by atoms with E-state index in [2.05, 4.69) is 46.4 Å². The first-order valence-electron chi connectivity index (χ1n) is 12.9. The average molecular weight is 518 g/mol. The number of aryl methyl sites for hydroxylation is 1.